The first-order valence-electron chi connectivity index (χ1n) is 7.39. The minimum Gasteiger partial charge on any atom is -0.324 e. The average molecular weight is 357 g/mol. The lowest BCUT2D eigenvalue weighted by Gasteiger charge is -2.10. The van der Waals surface area contributed by atoms with Gasteiger partial charge in [0.2, 0.25) is 5.91 Å². The molecule has 25 heavy (non-hydrogen) atoms. The zero-order valence-electron chi connectivity index (χ0n) is 13.3. The number of rotatable bonds is 4. The summed E-state index contributed by atoms with van der Waals surface area (Å²) in [5, 5.41) is 2.61. The van der Waals surface area contributed by atoms with Crippen LogP contribution in [0.5, 0.6) is 0 Å². The van der Waals surface area contributed by atoms with Gasteiger partial charge < -0.3 is 5.32 Å². The summed E-state index contributed by atoms with van der Waals surface area (Å²) in [5.74, 6) is -0.441. The van der Waals surface area contributed by atoms with Crippen molar-refractivity contribution in [3.63, 3.8) is 0 Å². The highest BCUT2D eigenvalue weighted by atomic mass is 32.2. The van der Waals surface area contributed by atoms with Gasteiger partial charge in [-0.3, -0.25) is 14.2 Å². The maximum Gasteiger partial charge on any atom is 0.269 e. The molecular formula is C17H15N3O4S. The lowest BCUT2D eigenvalue weighted by molar-refractivity contribution is -0.116. The molecule has 8 heteroatoms. The topological polar surface area (TPSA) is 98.1 Å². The Morgan fingerprint density at radius 2 is 1.92 bits per heavy atom. The molecule has 0 saturated carbocycles. The number of carbonyl (C=O) groups excluding carboxylic acids is 1. The number of amides is 1. The fraction of sp³-hybridized carbons (Fsp3) is 0.118. The first-order chi connectivity index (χ1) is 11.8. The number of para-hydroxylation sites is 2. The van der Waals surface area contributed by atoms with E-state index < -0.39 is 21.3 Å². The average Bonchev–Trinajstić information content (AvgIpc) is 2.57. The molecule has 0 spiro atoms. The van der Waals surface area contributed by atoms with E-state index in [4.69, 9.17) is 0 Å². The van der Waals surface area contributed by atoms with E-state index in [1.54, 1.807) is 36.4 Å². The van der Waals surface area contributed by atoms with Gasteiger partial charge in [-0.25, -0.2) is 13.4 Å². The number of benzene rings is 2. The SMILES string of the molecule is CS(=O)(=O)c1cccc(NC(=O)Cn2c(=O)cnc3ccccc32)c1. The predicted molar refractivity (Wildman–Crippen MR) is 94.2 cm³/mol. The van der Waals surface area contributed by atoms with E-state index in [0.29, 0.717) is 16.7 Å². The van der Waals surface area contributed by atoms with Crippen LogP contribution in [0.1, 0.15) is 0 Å². The van der Waals surface area contributed by atoms with Crippen molar-refractivity contribution in [2.45, 2.75) is 11.4 Å². The predicted octanol–water partition coefficient (Wildman–Crippen LogP) is 1.44. The highest BCUT2D eigenvalue weighted by molar-refractivity contribution is 7.90. The lowest BCUT2D eigenvalue weighted by Crippen LogP contribution is -2.28. The van der Waals surface area contributed by atoms with Crippen LogP contribution in [0.15, 0.2) is 64.4 Å². The largest absolute Gasteiger partial charge is 0.324 e. The maximum absolute atomic E-state index is 12.3. The number of nitrogens with one attached hydrogen (secondary N) is 1. The molecule has 1 heterocycles. The number of hydrogen-bond acceptors (Lipinski definition) is 5. The first-order valence-corrected chi connectivity index (χ1v) is 9.28. The molecule has 0 aliphatic heterocycles. The summed E-state index contributed by atoms with van der Waals surface area (Å²) in [4.78, 5) is 28.5. The van der Waals surface area contributed by atoms with Crippen molar-refractivity contribution < 1.29 is 13.2 Å². The van der Waals surface area contributed by atoms with E-state index in [1.807, 2.05) is 0 Å². The molecule has 1 N–H and O–H groups in total. The molecule has 0 bridgehead atoms. The van der Waals surface area contributed by atoms with Crippen molar-refractivity contribution in [2.24, 2.45) is 0 Å². The molecule has 0 atom stereocenters. The number of nitrogens with zero attached hydrogens (tertiary/aromatic N) is 2. The third kappa shape index (κ3) is 3.74. The van der Waals surface area contributed by atoms with Crippen molar-refractivity contribution in [2.75, 3.05) is 11.6 Å². The van der Waals surface area contributed by atoms with Gasteiger partial charge in [0.25, 0.3) is 5.56 Å². The minimum absolute atomic E-state index is 0.108. The second-order valence-electron chi connectivity index (χ2n) is 5.52. The summed E-state index contributed by atoms with van der Waals surface area (Å²) in [6, 6.07) is 13.0. The van der Waals surface area contributed by atoms with Crippen LogP contribution < -0.4 is 10.9 Å². The molecule has 7 nitrogen and oxygen atoms in total. The van der Waals surface area contributed by atoms with Gasteiger partial charge in [-0.05, 0) is 30.3 Å². The van der Waals surface area contributed by atoms with Gasteiger partial charge in [0.15, 0.2) is 9.84 Å². The second-order valence-corrected chi connectivity index (χ2v) is 7.54. The summed E-state index contributed by atoms with van der Waals surface area (Å²) >= 11 is 0. The molecular weight excluding hydrogens is 342 g/mol. The van der Waals surface area contributed by atoms with Crippen molar-refractivity contribution in [3.05, 3.63) is 65.1 Å². The zero-order valence-corrected chi connectivity index (χ0v) is 14.2. The van der Waals surface area contributed by atoms with Gasteiger partial charge in [-0.1, -0.05) is 18.2 Å². The van der Waals surface area contributed by atoms with Crippen LogP contribution in [0.4, 0.5) is 5.69 Å². The van der Waals surface area contributed by atoms with E-state index in [9.17, 15) is 18.0 Å². The number of fused-ring (bicyclic) bond motifs is 1. The minimum atomic E-state index is -3.37. The lowest BCUT2D eigenvalue weighted by atomic mass is 10.3. The summed E-state index contributed by atoms with van der Waals surface area (Å²) < 4.78 is 24.5. The number of hydrogen-bond donors (Lipinski definition) is 1. The van der Waals surface area contributed by atoms with E-state index in [0.717, 1.165) is 6.26 Å². The molecule has 3 rings (SSSR count). The number of aromatic nitrogens is 2. The van der Waals surface area contributed by atoms with Crippen LogP contribution in [-0.4, -0.2) is 30.1 Å². The Kier molecular flexibility index (Phi) is 4.37. The summed E-state index contributed by atoms with van der Waals surface area (Å²) in [6.07, 6.45) is 2.26. The second kappa shape index (κ2) is 6.48. The van der Waals surface area contributed by atoms with Gasteiger partial charge in [-0.2, -0.15) is 0 Å². The van der Waals surface area contributed by atoms with Gasteiger partial charge in [0, 0.05) is 11.9 Å². The third-order valence-electron chi connectivity index (χ3n) is 3.60. The molecule has 0 unspecified atom stereocenters. The van der Waals surface area contributed by atoms with E-state index in [1.165, 1.54) is 22.9 Å². The van der Waals surface area contributed by atoms with E-state index in [-0.39, 0.29) is 11.4 Å². The third-order valence-corrected chi connectivity index (χ3v) is 4.71. The Labute approximate surface area is 143 Å². The number of anilines is 1. The molecule has 128 valence electrons. The Morgan fingerprint density at radius 1 is 1.16 bits per heavy atom. The molecule has 0 radical (unpaired) electrons. The quantitative estimate of drug-likeness (QED) is 0.762. The number of carbonyl (C=O) groups is 1. The van der Waals surface area contributed by atoms with Crippen LogP contribution in [0, 0.1) is 0 Å². The molecule has 0 aliphatic carbocycles. The van der Waals surface area contributed by atoms with Crippen molar-refractivity contribution >= 4 is 32.5 Å². The van der Waals surface area contributed by atoms with Gasteiger partial charge >= 0.3 is 0 Å². The molecule has 0 fully saturated rings. The van der Waals surface area contributed by atoms with Crippen LogP contribution >= 0.6 is 0 Å². The molecule has 0 aliphatic rings. The van der Waals surface area contributed by atoms with Crippen molar-refractivity contribution in [1.29, 1.82) is 0 Å². The Hall–Kier alpha value is -3.00. The standard InChI is InChI=1S/C17H15N3O4S/c1-25(23,24)13-6-4-5-12(9-13)19-16(21)11-20-15-8-3-2-7-14(15)18-10-17(20)22/h2-10H,11H2,1H3,(H,19,21). The summed E-state index contributed by atoms with van der Waals surface area (Å²) in [6.45, 7) is -0.203. The molecule has 2 aromatic carbocycles. The Bertz CT molecular complexity index is 1120. The molecule has 1 amide bonds. The fourth-order valence-corrected chi connectivity index (χ4v) is 3.09. The molecule has 1 aromatic heterocycles. The van der Waals surface area contributed by atoms with E-state index in [2.05, 4.69) is 10.3 Å². The summed E-state index contributed by atoms with van der Waals surface area (Å²) in [7, 11) is -3.37. The first kappa shape index (κ1) is 16.8. The smallest absolute Gasteiger partial charge is 0.269 e. The monoisotopic (exact) mass is 357 g/mol. The zero-order chi connectivity index (χ0) is 18.0. The van der Waals surface area contributed by atoms with Crippen molar-refractivity contribution in [3.8, 4) is 0 Å². The van der Waals surface area contributed by atoms with Gasteiger partial charge in [0.05, 0.1) is 22.1 Å². The molecule has 0 saturated heterocycles. The maximum atomic E-state index is 12.3. The highest BCUT2D eigenvalue weighted by Crippen LogP contribution is 2.15. The fourth-order valence-electron chi connectivity index (χ4n) is 2.43. The van der Waals surface area contributed by atoms with Gasteiger partial charge in [-0.15, -0.1) is 0 Å². The van der Waals surface area contributed by atoms with Gasteiger partial charge in [0.1, 0.15) is 6.54 Å². The van der Waals surface area contributed by atoms with Crippen LogP contribution in [0.25, 0.3) is 11.0 Å². The Morgan fingerprint density at radius 3 is 2.68 bits per heavy atom. The van der Waals surface area contributed by atoms with Crippen LogP contribution in [0.3, 0.4) is 0 Å². The van der Waals surface area contributed by atoms with Crippen molar-refractivity contribution in [1.82, 2.24) is 9.55 Å². The Balaban J connectivity index is 1.87. The normalized spacial score (nSPS) is 11.4. The van der Waals surface area contributed by atoms with E-state index >= 15 is 0 Å². The van der Waals surface area contributed by atoms with Crippen LogP contribution in [0.2, 0.25) is 0 Å². The van der Waals surface area contributed by atoms with Crippen LogP contribution in [-0.2, 0) is 21.2 Å². The molecule has 3 aromatic rings. The highest BCUT2D eigenvalue weighted by Gasteiger charge is 2.11. The summed E-state index contributed by atoms with van der Waals surface area (Å²) in [5.41, 5.74) is 1.11. The number of sulfone groups is 1.